The Morgan fingerprint density at radius 1 is 1.43 bits per heavy atom. The van der Waals surface area contributed by atoms with Crippen molar-refractivity contribution in [2.45, 2.75) is 32.8 Å². The van der Waals surface area contributed by atoms with Gasteiger partial charge in [-0.2, -0.15) is 0 Å². The number of pyridine rings is 1. The molecule has 0 aromatic carbocycles. The van der Waals surface area contributed by atoms with Gasteiger partial charge in [-0.15, -0.1) is 0 Å². The highest BCUT2D eigenvalue weighted by Gasteiger charge is 2.19. The van der Waals surface area contributed by atoms with Crippen LogP contribution in [0.1, 0.15) is 27.2 Å². The van der Waals surface area contributed by atoms with Gasteiger partial charge in [-0.05, 0) is 26.3 Å². The number of hydrogen-bond donors (Lipinski definition) is 2. The third-order valence-corrected chi connectivity index (χ3v) is 2.21. The van der Waals surface area contributed by atoms with Gasteiger partial charge in [0.15, 0.2) is 0 Å². The Kier molecular flexibility index (Phi) is 2.84. The Bertz CT molecular complexity index is 323. The van der Waals surface area contributed by atoms with Crippen molar-refractivity contribution < 1.29 is 4.74 Å². The van der Waals surface area contributed by atoms with Crippen molar-refractivity contribution >= 4 is 11.4 Å². The van der Waals surface area contributed by atoms with Crippen LogP contribution in [0.4, 0.5) is 11.4 Å². The average Bonchev–Trinajstić information content (AvgIpc) is 2.13. The summed E-state index contributed by atoms with van der Waals surface area (Å²) in [7, 11) is 0. The van der Waals surface area contributed by atoms with E-state index in [9.17, 15) is 0 Å². The fraction of sp³-hybridized carbons (Fsp3) is 0.500. The van der Waals surface area contributed by atoms with Crippen molar-refractivity contribution in [3.8, 4) is 5.88 Å². The lowest BCUT2D eigenvalue weighted by Crippen LogP contribution is -2.27. The first-order valence-corrected chi connectivity index (χ1v) is 4.65. The normalized spacial score (nSPS) is 11.4. The summed E-state index contributed by atoms with van der Waals surface area (Å²) in [5.74, 6) is 0.414. The van der Waals surface area contributed by atoms with Crippen molar-refractivity contribution in [2.24, 2.45) is 0 Å². The lowest BCUT2D eigenvalue weighted by molar-refractivity contribution is 0.100. The predicted molar refractivity (Wildman–Crippen MR) is 58.1 cm³/mol. The van der Waals surface area contributed by atoms with E-state index >= 15 is 0 Å². The second-order valence-corrected chi connectivity index (χ2v) is 3.83. The summed E-state index contributed by atoms with van der Waals surface area (Å²) in [5, 5.41) is 0. The van der Waals surface area contributed by atoms with Crippen molar-refractivity contribution in [3.63, 3.8) is 0 Å². The Morgan fingerprint density at radius 3 is 2.64 bits per heavy atom. The minimum atomic E-state index is -0.269. The Morgan fingerprint density at radius 2 is 2.07 bits per heavy atom. The topological polar surface area (TPSA) is 74.2 Å². The molecule has 14 heavy (non-hydrogen) atoms. The number of rotatable bonds is 3. The molecule has 0 saturated carbocycles. The molecule has 4 nitrogen and oxygen atoms in total. The van der Waals surface area contributed by atoms with Crippen LogP contribution >= 0.6 is 0 Å². The monoisotopic (exact) mass is 195 g/mol. The highest BCUT2D eigenvalue weighted by molar-refractivity contribution is 5.67. The van der Waals surface area contributed by atoms with E-state index < -0.39 is 0 Å². The number of hydrogen-bond acceptors (Lipinski definition) is 4. The fourth-order valence-electron chi connectivity index (χ4n) is 0.883. The average molecular weight is 195 g/mol. The minimum absolute atomic E-state index is 0.269. The molecule has 78 valence electrons. The Hall–Kier alpha value is -1.45. The molecule has 0 aliphatic carbocycles. The van der Waals surface area contributed by atoms with Gasteiger partial charge in [0, 0.05) is 6.20 Å². The van der Waals surface area contributed by atoms with Gasteiger partial charge in [0.1, 0.15) is 11.3 Å². The third kappa shape index (κ3) is 2.28. The first-order valence-electron chi connectivity index (χ1n) is 4.65. The van der Waals surface area contributed by atoms with Crippen molar-refractivity contribution in [3.05, 3.63) is 12.3 Å². The van der Waals surface area contributed by atoms with E-state index in [0.717, 1.165) is 6.42 Å². The van der Waals surface area contributed by atoms with Crippen molar-refractivity contribution in [2.75, 3.05) is 11.5 Å². The molecular weight excluding hydrogens is 178 g/mol. The maximum atomic E-state index is 5.73. The molecule has 0 radical (unpaired) electrons. The Balaban J connectivity index is 2.92. The zero-order valence-corrected chi connectivity index (χ0v) is 8.87. The van der Waals surface area contributed by atoms with Crippen LogP contribution in [0.15, 0.2) is 12.3 Å². The van der Waals surface area contributed by atoms with Crippen LogP contribution in [0.25, 0.3) is 0 Å². The summed E-state index contributed by atoms with van der Waals surface area (Å²) >= 11 is 0. The number of nitrogens with two attached hydrogens (primary N) is 2. The van der Waals surface area contributed by atoms with E-state index in [1.165, 1.54) is 0 Å². The van der Waals surface area contributed by atoms with Crippen LogP contribution in [-0.4, -0.2) is 10.6 Å². The van der Waals surface area contributed by atoms with Crippen molar-refractivity contribution in [1.29, 1.82) is 0 Å². The summed E-state index contributed by atoms with van der Waals surface area (Å²) < 4.78 is 5.65. The number of anilines is 2. The molecule has 4 heteroatoms. The van der Waals surface area contributed by atoms with Crippen molar-refractivity contribution in [1.82, 2.24) is 4.98 Å². The van der Waals surface area contributed by atoms with Crippen LogP contribution in [0, 0.1) is 0 Å². The smallest absolute Gasteiger partial charge is 0.239 e. The van der Waals surface area contributed by atoms with Gasteiger partial charge in [-0.25, -0.2) is 4.98 Å². The quantitative estimate of drug-likeness (QED) is 0.771. The molecule has 0 aliphatic rings. The minimum Gasteiger partial charge on any atom is -0.470 e. The fourth-order valence-corrected chi connectivity index (χ4v) is 0.883. The van der Waals surface area contributed by atoms with E-state index in [4.69, 9.17) is 16.2 Å². The van der Waals surface area contributed by atoms with Gasteiger partial charge in [0.2, 0.25) is 5.88 Å². The predicted octanol–water partition coefficient (Wildman–Crippen LogP) is 1.81. The molecule has 0 spiro atoms. The molecule has 0 aliphatic heterocycles. The molecule has 0 saturated heterocycles. The molecule has 0 unspecified atom stereocenters. The maximum absolute atomic E-state index is 5.73. The molecule has 0 fully saturated rings. The maximum Gasteiger partial charge on any atom is 0.239 e. The number of nitrogen functional groups attached to an aromatic ring is 2. The highest BCUT2D eigenvalue weighted by atomic mass is 16.5. The first kappa shape index (κ1) is 10.6. The lowest BCUT2D eigenvalue weighted by Gasteiger charge is -2.24. The van der Waals surface area contributed by atoms with Crippen LogP contribution in [0.2, 0.25) is 0 Å². The molecule has 0 amide bonds. The van der Waals surface area contributed by atoms with Gasteiger partial charge >= 0.3 is 0 Å². The first-order chi connectivity index (χ1) is 6.46. The second kappa shape index (κ2) is 3.74. The van der Waals surface area contributed by atoms with Crippen LogP contribution < -0.4 is 16.2 Å². The summed E-state index contributed by atoms with van der Waals surface area (Å²) in [6.45, 7) is 6.01. The van der Waals surface area contributed by atoms with Gasteiger partial charge in [-0.1, -0.05) is 6.92 Å². The van der Waals surface area contributed by atoms with Crippen LogP contribution in [0.5, 0.6) is 5.88 Å². The van der Waals surface area contributed by atoms with Gasteiger partial charge < -0.3 is 16.2 Å². The summed E-state index contributed by atoms with van der Waals surface area (Å²) in [5.41, 5.74) is 12.0. The lowest BCUT2D eigenvalue weighted by atomic mass is 10.1. The molecule has 1 heterocycles. The SMILES string of the molecule is CCC(C)(C)Oc1nccc(N)c1N. The molecule has 1 rings (SSSR count). The van der Waals surface area contributed by atoms with E-state index in [0.29, 0.717) is 17.3 Å². The Labute approximate surface area is 84.3 Å². The summed E-state index contributed by atoms with van der Waals surface area (Å²) in [6, 6.07) is 1.65. The number of aromatic nitrogens is 1. The van der Waals surface area contributed by atoms with E-state index in [1.807, 2.05) is 20.8 Å². The van der Waals surface area contributed by atoms with Gasteiger partial charge in [-0.3, -0.25) is 0 Å². The van der Waals surface area contributed by atoms with Gasteiger partial charge in [0.25, 0.3) is 0 Å². The zero-order chi connectivity index (χ0) is 10.8. The van der Waals surface area contributed by atoms with E-state index in [2.05, 4.69) is 4.98 Å². The molecular formula is C10H17N3O. The number of ether oxygens (including phenoxy) is 1. The molecule has 4 N–H and O–H groups in total. The molecule has 1 aromatic heterocycles. The van der Waals surface area contributed by atoms with Crippen LogP contribution in [0.3, 0.4) is 0 Å². The largest absolute Gasteiger partial charge is 0.470 e. The highest BCUT2D eigenvalue weighted by Crippen LogP contribution is 2.28. The van der Waals surface area contributed by atoms with Gasteiger partial charge in [0.05, 0.1) is 5.69 Å². The standard InChI is InChI=1S/C10H17N3O/c1-4-10(2,3)14-9-8(12)7(11)5-6-13-9/h5-6H,4,12H2,1-3H3,(H2,11,13). The molecule has 1 aromatic rings. The summed E-state index contributed by atoms with van der Waals surface area (Å²) in [6.07, 6.45) is 2.47. The zero-order valence-electron chi connectivity index (χ0n) is 8.87. The van der Waals surface area contributed by atoms with E-state index in [-0.39, 0.29) is 5.60 Å². The molecule has 0 atom stereocenters. The van der Waals surface area contributed by atoms with E-state index in [1.54, 1.807) is 12.3 Å². The third-order valence-electron chi connectivity index (χ3n) is 2.21. The van der Waals surface area contributed by atoms with Crippen LogP contribution in [-0.2, 0) is 0 Å². The number of nitrogens with zero attached hydrogens (tertiary/aromatic N) is 1. The molecule has 0 bridgehead atoms. The summed E-state index contributed by atoms with van der Waals surface area (Å²) in [4.78, 5) is 4.05. The second-order valence-electron chi connectivity index (χ2n) is 3.83.